The van der Waals surface area contributed by atoms with Crippen molar-refractivity contribution in [1.82, 2.24) is 9.80 Å². The Morgan fingerprint density at radius 1 is 1.37 bits per heavy atom. The van der Waals surface area contributed by atoms with Crippen LogP contribution < -0.4 is 0 Å². The number of carbonyl (C=O) groups excluding carboxylic acids is 1. The first kappa shape index (κ1) is 14.4. The first-order valence-electron chi connectivity index (χ1n) is 6.78. The molecule has 104 valence electrons. The van der Waals surface area contributed by atoms with Gasteiger partial charge in [0.15, 0.2) is 0 Å². The van der Waals surface area contributed by atoms with Crippen molar-refractivity contribution in [1.29, 1.82) is 0 Å². The molecule has 0 radical (unpaired) electrons. The number of rotatable bonds is 4. The molecule has 1 aliphatic heterocycles. The Hall–Kier alpha value is -1.00. The van der Waals surface area contributed by atoms with E-state index in [-0.39, 0.29) is 5.91 Å². The van der Waals surface area contributed by atoms with Gasteiger partial charge in [-0.2, -0.15) is 0 Å². The van der Waals surface area contributed by atoms with Crippen molar-refractivity contribution in [2.45, 2.75) is 30.2 Å². The molecule has 0 spiro atoms. The molecule has 0 aliphatic carbocycles. The maximum Gasteiger partial charge on any atom is 0.227 e. The van der Waals surface area contributed by atoms with Crippen LogP contribution in [0, 0.1) is 0 Å². The number of likely N-dealkylation sites (tertiary alicyclic amines) is 1. The first-order valence-corrected chi connectivity index (χ1v) is 7.23. The van der Waals surface area contributed by atoms with Gasteiger partial charge in [0.05, 0.1) is 6.42 Å². The molecule has 0 bridgehead atoms. The van der Waals surface area contributed by atoms with E-state index in [4.69, 9.17) is 0 Å². The molecule has 1 amide bonds. The van der Waals surface area contributed by atoms with Crippen molar-refractivity contribution in [2.24, 2.45) is 0 Å². The second-order valence-corrected chi connectivity index (χ2v) is 6.01. The molecule has 19 heavy (non-hydrogen) atoms. The van der Waals surface area contributed by atoms with Crippen LogP contribution in [0.4, 0.5) is 0 Å². The monoisotopic (exact) mass is 278 g/mol. The third-order valence-electron chi connectivity index (χ3n) is 3.57. The Bertz CT molecular complexity index is 430. The number of likely N-dealkylation sites (N-methyl/N-ethyl adjacent to an activating group) is 1. The van der Waals surface area contributed by atoms with Crippen LogP contribution in [0.2, 0.25) is 0 Å². The molecule has 0 N–H and O–H groups in total. The molecule has 0 aromatic heterocycles. The highest BCUT2D eigenvalue weighted by molar-refractivity contribution is 7.80. The maximum atomic E-state index is 12.4. The van der Waals surface area contributed by atoms with Gasteiger partial charge in [-0.25, -0.2) is 0 Å². The minimum absolute atomic E-state index is 0.247. The summed E-state index contributed by atoms with van der Waals surface area (Å²) in [6.45, 7) is 1.86. The van der Waals surface area contributed by atoms with E-state index in [1.165, 1.54) is 0 Å². The van der Waals surface area contributed by atoms with E-state index in [9.17, 15) is 4.79 Å². The Labute approximate surface area is 121 Å². The summed E-state index contributed by atoms with van der Waals surface area (Å²) in [5.74, 6) is 0.247. The van der Waals surface area contributed by atoms with Gasteiger partial charge in [0.2, 0.25) is 5.91 Å². The van der Waals surface area contributed by atoms with E-state index < -0.39 is 0 Å². The summed E-state index contributed by atoms with van der Waals surface area (Å²) in [5.41, 5.74) is 1.07. The van der Waals surface area contributed by atoms with Crippen LogP contribution in [0.15, 0.2) is 29.2 Å². The SMILES string of the molecule is CN(C)CC1CCCN1C(=O)Cc1ccc(S)cc1. The van der Waals surface area contributed by atoms with E-state index in [2.05, 4.69) is 36.5 Å². The number of hydrogen-bond donors (Lipinski definition) is 1. The number of thiol groups is 1. The molecule has 1 fully saturated rings. The van der Waals surface area contributed by atoms with Crippen LogP contribution >= 0.6 is 12.6 Å². The zero-order valence-electron chi connectivity index (χ0n) is 11.7. The van der Waals surface area contributed by atoms with E-state index in [0.29, 0.717) is 12.5 Å². The van der Waals surface area contributed by atoms with Gasteiger partial charge in [-0.3, -0.25) is 4.79 Å². The lowest BCUT2D eigenvalue weighted by molar-refractivity contribution is -0.131. The molecule has 1 aliphatic rings. The van der Waals surface area contributed by atoms with E-state index >= 15 is 0 Å². The van der Waals surface area contributed by atoms with Crippen molar-refractivity contribution in [3.8, 4) is 0 Å². The number of benzene rings is 1. The van der Waals surface area contributed by atoms with Crippen LogP contribution in [-0.4, -0.2) is 48.9 Å². The Morgan fingerprint density at radius 2 is 2.05 bits per heavy atom. The maximum absolute atomic E-state index is 12.4. The minimum Gasteiger partial charge on any atom is -0.338 e. The molecular formula is C15H22N2OS. The van der Waals surface area contributed by atoms with E-state index in [1.54, 1.807) is 0 Å². The lowest BCUT2D eigenvalue weighted by Crippen LogP contribution is -2.42. The smallest absolute Gasteiger partial charge is 0.227 e. The summed E-state index contributed by atoms with van der Waals surface area (Å²) in [7, 11) is 4.12. The van der Waals surface area contributed by atoms with Gasteiger partial charge in [0.1, 0.15) is 0 Å². The fourth-order valence-corrected chi connectivity index (χ4v) is 2.81. The highest BCUT2D eigenvalue weighted by Gasteiger charge is 2.28. The number of nitrogens with zero attached hydrogens (tertiary/aromatic N) is 2. The Kier molecular flexibility index (Phi) is 4.88. The van der Waals surface area contributed by atoms with Crippen molar-refractivity contribution < 1.29 is 4.79 Å². The van der Waals surface area contributed by atoms with Crippen molar-refractivity contribution in [3.05, 3.63) is 29.8 Å². The summed E-state index contributed by atoms with van der Waals surface area (Å²) in [6, 6.07) is 8.22. The van der Waals surface area contributed by atoms with Crippen LogP contribution in [0.25, 0.3) is 0 Å². The zero-order valence-corrected chi connectivity index (χ0v) is 12.6. The molecule has 1 saturated heterocycles. The van der Waals surface area contributed by atoms with Crippen LogP contribution in [0.5, 0.6) is 0 Å². The second-order valence-electron chi connectivity index (χ2n) is 5.49. The predicted octanol–water partition coefficient (Wildman–Crippen LogP) is 2.07. The predicted molar refractivity (Wildman–Crippen MR) is 80.7 cm³/mol. The quantitative estimate of drug-likeness (QED) is 0.852. The Balaban J connectivity index is 1.97. The first-order chi connectivity index (χ1) is 9.06. The summed E-state index contributed by atoms with van der Waals surface area (Å²) >= 11 is 4.26. The fraction of sp³-hybridized carbons (Fsp3) is 0.533. The van der Waals surface area contributed by atoms with Crippen LogP contribution in [0.1, 0.15) is 18.4 Å². The number of hydrogen-bond acceptors (Lipinski definition) is 3. The molecule has 4 heteroatoms. The van der Waals surface area contributed by atoms with E-state index in [0.717, 1.165) is 36.4 Å². The third-order valence-corrected chi connectivity index (χ3v) is 3.86. The lowest BCUT2D eigenvalue weighted by Gasteiger charge is -2.27. The van der Waals surface area contributed by atoms with Gasteiger partial charge < -0.3 is 9.80 Å². The van der Waals surface area contributed by atoms with Gasteiger partial charge >= 0.3 is 0 Å². The topological polar surface area (TPSA) is 23.6 Å². The largest absolute Gasteiger partial charge is 0.338 e. The van der Waals surface area contributed by atoms with Crippen LogP contribution in [-0.2, 0) is 11.2 Å². The highest BCUT2D eigenvalue weighted by atomic mass is 32.1. The normalized spacial score (nSPS) is 19.2. The number of amides is 1. The summed E-state index contributed by atoms with van der Waals surface area (Å²) in [5, 5.41) is 0. The molecule has 2 rings (SSSR count). The van der Waals surface area contributed by atoms with Gasteiger partial charge in [-0.05, 0) is 44.6 Å². The van der Waals surface area contributed by atoms with Crippen molar-refractivity contribution >= 4 is 18.5 Å². The van der Waals surface area contributed by atoms with Gasteiger partial charge in [-0.1, -0.05) is 12.1 Å². The van der Waals surface area contributed by atoms with Crippen molar-refractivity contribution in [2.75, 3.05) is 27.2 Å². The molecule has 1 aromatic carbocycles. The standard InChI is InChI=1S/C15H22N2OS/c1-16(2)11-13-4-3-9-17(13)15(18)10-12-5-7-14(19)8-6-12/h5-8,13,19H,3-4,9-11H2,1-2H3. The fourth-order valence-electron chi connectivity index (χ4n) is 2.67. The molecule has 1 unspecified atom stereocenters. The molecule has 0 saturated carbocycles. The van der Waals surface area contributed by atoms with Gasteiger partial charge in [-0.15, -0.1) is 12.6 Å². The average Bonchev–Trinajstić information content (AvgIpc) is 2.79. The lowest BCUT2D eigenvalue weighted by atomic mass is 10.1. The average molecular weight is 278 g/mol. The van der Waals surface area contributed by atoms with Crippen molar-refractivity contribution in [3.63, 3.8) is 0 Å². The minimum atomic E-state index is 0.247. The zero-order chi connectivity index (χ0) is 13.8. The number of carbonyl (C=O) groups is 1. The van der Waals surface area contributed by atoms with Gasteiger partial charge in [0, 0.05) is 24.0 Å². The molecule has 1 heterocycles. The van der Waals surface area contributed by atoms with Crippen LogP contribution in [0.3, 0.4) is 0 Å². The highest BCUT2D eigenvalue weighted by Crippen LogP contribution is 2.19. The summed E-state index contributed by atoms with van der Waals surface area (Å²) < 4.78 is 0. The van der Waals surface area contributed by atoms with E-state index in [1.807, 2.05) is 24.3 Å². The summed E-state index contributed by atoms with van der Waals surface area (Å²) in [6.07, 6.45) is 2.75. The molecule has 1 atom stereocenters. The molecular weight excluding hydrogens is 256 g/mol. The molecule has 3 nitrogen and oxygen atoms in total. The molecule has 1 aromatic rings. The second kappa shape index (κ2) is 6.44. The summed E-state index contributed by atoms with van der Waals surface area (Å²) in [4.78, 5) is 17.5. The van der Waals surface area contributed by atoms with Gasteiger partial charge in [0.25, 0.3) is 0 Å². The third kappa shape index (κ3) is 3.98. The Morgan fingerprint density at radius 3 is 2.68 bits per heavy atom.